The molecule has 1 N–H and O–H groups in total. The van der Waals surface area contributed by atoms with E-state index in [1.165, 1.54) is 4.90 Å². The summed E-state index contributed by atoms with van der Waals surface area (Å²) in [5.74, 6) is -0.239. The van der Waals surface area contributed by atoms with Gasteiger partial charge < -0.3 is 10.2 Å². The maximum absolute atomic E-state index is 13.5. The summed E-state index contributed by atoms with van der Waals surface area (Å²) in [5.41, 5.74) is 2.24. The maximum atomic E-state index is 13.5. The molecule has 0 aliphatic heterocycles. The highest BCUT2D eigenvalue weighted by atomic mass is 35.5. The van der Waals surface area contributed by atoms with E-state index in [1.54, 1.807) is 43.3 Å². The zero-order chi connectivity index (χ0) is 26.3. The molecule has 0 spiro atoms. The van der Waals surface area contributed by atoms with Crippen LogP contribution in [0.5, 0.6) is 0 Å². The van der Waals surface area contributed by atoms with Crippen LogP contribution in [0.3, 0.4) is 0 Å². The Labute approximate surface area is 214 Å². The van der Waals surface area contributed by atoms with Crippen molar-refractivity contribution in [3.05, 3.63) is 64.7 Å². The SMILES string of the molecule is CC(C)CNC(=O)[C@H](C)N(Cc1ccc(Cl)cc1)C(=O)CN(c1ccc(C(C)C)cc1)S(C)(=O)=O. The summed E-state index contributed by atoms with van der Waals surface area (Å²) in [7, 11) is -3.76. The molecule has 192 valence electrons. The molecule has 35 heavy (non-hydrogen) atoms. The minimum absolute atomic E-state index is 0.135. The lowest BCUT2D eigenvalue weighted by Crippen LogP contribution is -2.51. The Balaban J connectivity index is 2.35. The second-order valence-corrected chi connectivity index (χ2v) is 11.8. The van der Waals surface area contributed by atoms with Gasteiger partial charge in [0.2, 0.25) is 21.8 Å². The van der Waals surface area contributed by atoms with E-state index in [1.807, 2.05) is 39.8 Å². The van der Waals surface area contributed by atoms with Gasteiger partial charge in [-0.2, -0.15) is 0 Å². The first kappa shape index (κ1) is 28.7. The van der Waals surface area contributed by atoms with Gasteiger partial charge >= 0.3 is 0 Å². The summed E-state index contributed by atoms with van der Waals surface area (Å²) in [6, 6.07) is 13.3. The van der Waals surface area contributed by atoms with Crippen LogP contribution in [-0.2, 0) is 26.2 Å². The zero-order valence-corrected chi connectivity index (χ0v) is 22.9. The van der Waals surface area contributed by atoms with Gasteiger partial charge in [-0.3, -0.25) is 13.9 Å². The number of anilines is 1. The molecule has 0 aliphatic carbocycles. The fourth-order valence-corrected chi connectivity index (χ4v) is 4.44. The molecule has 7 nitrogen and oxygen atoms in total. The largest absolute Gasteiger partial charge is 0.354 e. The average Bonchev–Trinajstić information content (AvgIpc) is 2.79. The van der Waals surface area contributed by atoms with E-state index in [0.29, 0.717) is 17.3 Å². The van der Waals surface area contributed by atoms with Crippen LogP contribution in [-0.4, -0.2) is 50.5 Å². The lowest BCUT2D eigenvalue weighted by molar-refractivity contribution is -0.139. The van der Waals surface area contributed by atoms with E-state index in [0.717, 1.165) is 21.7 Å². The van der Waals surface area contributed by atoms with Crippen molar-refractivity contribution in [2.45, 2.75) is 53.1 Å². The molecule has 0 heterocycles. The van der Waals surface area contributed by atoms with E-state index < -0.39 is 28.5 Å². The van der Waals surface area contributed by atoms with Crippen LogP contribution in [0.15, 0.2) is 48.5 Å². The van der Waals surface area contributed by atoms with Gasteiger partial charge in [-0.15, -0.1) is 0 Å². The summed E-state index contributed by atoms with van der Waals surface area (Å²) < 4.78 is 26.4. The van der Waals surface area contributed by atoms with Gasteiger partial charge in [0, 0.05) is 18.1 Å². The summed E-state index contributed by atoms with van der Waals surface area (Å²) in [6.45, 7) is 9.90. The van der Waals surface area contributed by atoms with Crippen molar-refractivity contribution in [1.29, 1.82) is 0 Å². The van der Waals surface area contributed by atoms with Crippen molar-refractivity contribution in [2.24, 2.45) is 5.92 Å². The fourth-order valence-electron chi connectivity index (χ4n) is 3.46. The number of sulfonamides is 1. The first-order valence-electron chi connectivity index (χ1n) is 11.7. The predicted octanol–water partition coefficient (Wildman–Crippen LogP) is 4.42. The van der Waals surface area contributed by atoms with Crippen molar-refractivity contribution in [3.8, 4) is 0 Å². The Hall–Kier alpha value is -2.58. The van der Waals surface area contributed by atoms with E-state index in [-0.39, 0.29) is 24.3 Å². The van der Waals surface area contributed by atoms with E-state index in [4.69, 9.17) is 11.6 Å². The Morgan fingerprint density at radius 1 is 0.943 bits per heavy atom. The maximum Gasteiger partial charge on any atom is 0.244 e. The third-order valence-electron chi connectivity index (χ3n) is 5.64. The van der Waals surface area contributed by atoms with Crippen molar-refractivity contribution in [3.63, 3.8) is 0 Å². The van der Waals surface area contributed by atoms with Crippen LogP contribution in [0.2, 0.25) is 5.02 Å². The van der Waals surface area contributed by atoms with Gasteiger partial charge in [0.15, 0.2) is 0 Å². The average molecular weight is 522 g/mol. The molecule has 0 radical (unpaired) electrons. The topological polar surface area (TPSA) is 86.8 Å². The van der Waals surface area contributed by atoms with Crippen LogP contribution in [0.25, 0.3) is 0 Å². The van der Waals surface area contributed by atoms with Gasteiger partial charge in [0.25, 0.3) is 0 Å². The van der Waals surface area contributed by atoms with Gasteiger partial charge in [0.1, 0.15) is 12.6 Å². The standard InChI is InChI=1S/C26H36ClN3O4S/c1-18(2)15-28-26(32)20(5)29(16-21-7-11-23(27)12-8-21)25(31)17-30(35(6,33)34)24-13-9-22(10-14-24)19(3)4/h7-14,18-20H,15-17H2,1-6H3,(H,28,32)/t20-/m0/s1. The van der Waals surface area contributed by atoms with Crippen LogP contribution in [0.1, 0.15) is 51.7 Å². The Morgan fingerprint density at radius 2 is 1.51 bits per heavy atom. The normalized spacial score (nSPS) is 12.5. The highest BCUT2D eigenvalue weighted by Gasteiger charge is 2.30. The van der Waals surface area contributed by atoms with Crippen molar-refractivity contribution in [2.75, 3.05) is 23.7 Å². The molecule has 0 saturated carbocycles. The first-order valence-corrected chi connectivity index (χ1v) is 13.9. The lowest BCUT2D eigenvalue weighted by atomic mass is 10.0. The summed E-state index contributed by atoms with van der Waals surface area (Å²) in [6.07, 6.45) is 1.07. The molecule has 1 atom stereocenters. The van der Waals surface area contributed by atoms with Gasteiger partial charge in [0.05, 0.1) is 11.9 Å². The summed E-state index contributed by atoms with van der Waals surface area (Å²) in [5, 5.41) is 3.42. The van der Waals surface area contributed by atoms with Crippen LogP contribution >= 0.6 is 11.6 Å². The van der Waals surface area contributed by atoms with E-state index in [9.17, 15) is 18.0 Å². The first-order chi connectivity index (χ1) is 16.3. The smallest absolute Gasteiger partial charge is 0.244 e. The number of carbonyl (C=O) groups excluding carboxylic acids is 2. The summed E-state index contributed by atoms with van der Waals surface area (Å²) >= 11 is 5.99. The number of hydrogen-bond donors (Lipinski definition) is 1. The quantitative estimate of drug-likeness (QED) is 0.474. The molecular weight excluding hydrogens is 486 g/mol. The number of hydrogen-bond acceptors (Lipinski definition) is 4. The zero-order valence-electron chi connectivity index (χ0n) is 21.3. The molecule has 0 bridgehead atoms. The molecule has 0 saturated heterocycles. The molecule has 9 heteroatoms. The molecule has 0 aliphatic rings. The number of rotatable bonds is 11. The van der Waals surface area contributed by atoms with Crippen LogP contribution in [0.4, 0.5) is 5.69 Å². The third-order valence-corrected chi connectivity index (χ3v) is 7.04. The number of benzene rings is 2. The second-order valence-electron chi connectivity index (χ2n) is 9.48. The van der Waals surface area contributed by atoms with Crippen molar-refractivity contribution >= 4 is 39.1 Å². The molecule has 2 rings (SSSR count). The van der Waals surface area contributed by atoms with Gasteiger partial charge in [-0.25, -0.2) is 8.42 Å². The fraction of sp³-hybridized carbons (Fsp3) is 0.462. The van der Waals surface area contributed by atoms with Gasteiger partial charge in [-0.1, -0.05) is 63.6 Å². The molecule has 0 fully saturated rings. The number of nitrogens with zero attached hydrogens (tertiary/aromatic N) is 2. The van der Waals surface area contributed by atoms with Crippen LogP contribution < -0.4 is 9.62 Å². The molecule has 2 aromatic carbocycles. The van der Waals surface area contributed by atoms with E-state index >= 15 is 0 Å². The molecular formula is C26H36ClN3O4S. The van der Waals surface area contributed by atoms with Gasteiger partial charge in [-0.05, 0) is 54.2 Å². The molecule has 2 aromatic rings. The van der Waals surface area contributed by atoms with E-state index in [2.05, 4.69) is 5.32 Å². The van der Waals surface area contributed by atoms with Crippen LogP contribution in [0, 0.1) is 5.92 Å². The van der Waals surface area contributed by atoms with Crippen molar-refractivity contribution < 1.29 is 18.0 Å². The Bertz CT molecular complexity index is 1100. The monoisotopic (exact) mass is 521 g/mol. The molecule has 2 amide bonds. The second kappa shape index (κ2) is 12.4. The Kier molecular flexibility index (Phi) is 10.2. The summed E-state index contributed by atoms with van der Waals surface area (Å²) in [4.78, 5) is 27.8. The molecule has 0 unspecified atom stereocenters. The minimum atomic E-state index is -3.76. The number of halogens is 1. The molecule has 0 aromatic heterocycles. The minimum Gasteiger partial charge on any atom is -0.354 e. The predicted molar refractivity (Wildman–Crippen MR) is 142 cm³/mol. The van der Waals surface area contributed by atoms with Crippen molar-refractivity contribution in [1.82, 2.24) is 10.2 Å². The highest BCUT2D eigenvalue weighted by molar-refractivity contribution is 7.92. The highest BCUT2D eigenvalue weighted by Crippen LogP contribution is 2.23. The number of nitrogens with one attached hydrogen (secondary N) is 1. The third kappa shape index (κ3) is 8.54. The lowest BCUT2D eigenvalue weighted by Gasteiger charge is -2.31. The number of amides is 2. The number of carbonyl (C=O) groups is 2. The Morgan fingerprint density at radius 3 is 2.00 bits per heavy atom.